The van der Waals surface area contributed by atoms with Gasteiger partial charge in [0.1, 0.15) is 0 Å². The number of anilines is 1. The summed E-state index contributed by atoms with van der Waals surface area (Å²) in [4.78, 5) is 13.9. The summed E-state index contributed by atoms with van der Waals surface area (Å²) in [6, 6.07) is 6.33. The molecule has 1 aliphatic carbocycles. The largest absolute Gasteiger partial charge is 0.491 e. The van der Waals surface area contributed by atoms with Gasteiger partial charge in [-0.2, -0.15) is 0 Å². The number of fused-ring (bicyclic) bond motifs is 1. The average molecular weight is 260 g/mol. The van der Waals surface area contributed by atoms with Gasteiger partial charge >= 0.3 is 0 Å². The third kappa shape index (κ3) is 2.15. The van der Waals surface area contributed by atoms with Gasteiger partial charge in [-0.05, 0) is 37.3 Å². The first-order chi connectivity index (χ1) is 9.22. The normalized spacial score (nSPS) is 24.2. The lowest BCUT2D eigenvalue weighted by Gasteiger charge is -2.24. The first-order valence-corrected chi connectivity index (χ1v) is 7.04. The second kappa shape index (κ2) is 4.76. The van der Waals surface area contributed by atoms with Gasteiger partial charge in [-0.25, -0.2) is 0 Å². The number of amides is 1. The summed E-state index contributed by atoms with van der Waals surface area (Å²) in [5.41, 5.74) is 6.99. The molecule has 2 aliphatic rings. The monoisotopic (exact) mass is 260 g/mol. The molecule has 3 rings (SSSR count). The molecule has 1 unspecified atom stereocenters. The SMILES string of the molecule is CCCOc1c(C(N)=O)cccc1N1CCC2C[C@@H]21. The molecule has 4 nitrogen and oxygen atoms in total. The highest BCUT2D eigenvalue weighted by Gasteiger charge is 2.47. The topological polar surface area (TPSA) is 55.6 Å². The number of nitrogens with two attached hydrogens (primary N) is 1. The summed E-state index contributed by atoms with van der Waals surface area (Å²) in [5.74, 6) is 1.10. The number of piperidine rings is 1. The molecule has 1 aromatic rings. The number of primary amides is 1. The number of hydrogen-bond donors (Lipinski definition) is 1. The predicted molar refractivity (Wildman–Crippen MR) is 74.6 cm³/mol. The number of carbonyl (C=O) groups is 1. The van der Waals surface area contributed by atoms with E-state index in [2.05, 4.69) is 11.8 Å². The van der Waals surface area contributed by atoms with Crippen LogP contribution in [0.25, 0.3) is 0 Å². The standard InChI is InChI=1S/C15H20N2O2/c1-2-8-19-14-11(15(16)18)4-3-5-12(14)17-7-6-10-9-13(10)17/h3-5,10,13H,2,6-9H2,1H3,(H2,16,18)/t10?,13-/m0/s1. The first-order valence-electron chi connectivity index (χ1n) is 7.04. The van der Waals surface area contributed by atoms with Gasteiger partial charge in [0.05, 0.1) is 17.9 Å². The molecule has 0 aromatic heterocycles. The molecule has 0 radical (unpaired) electrons. The zero-order valence-corrected chi connectivity index (χ0v) is 11.3. The minimum atomic E-state index is -0.417. The second-order valence-corrected chi connectivity index (χ2v) is 5.41. The lowest BCUT2D eigenvalue weighted by molar-refractivity contribution is 0.0996. The minimum absolute atomic E-state index is 0.417. The lowest BCUT2D eigenvalue weighted by atomic mass is 10.1. The van der Waals surface area contributed by atoms with E-state index in [4.69, 9.17) is 10.5 Å². The second-order valence-electron chi connectivity index (χ2n) is 5.41. The highest BCUT2D eigenvalue weighted by Crippen LogP contribution is 2.49. The van der Waals surface area contributed by atoms with Gasteiger partial charge in [-0.3, -0.25) is 4.79 Å². The van der Waals surface area contributed by atoms with Gasteiger partial charge in [0.2, 0.25) is 0 Å². The van der Waals surface area contributed by atoms with Crippen molar-refractivity contribution in [2.75, 3.05) is 18.1 Å². The van der Waals surface area contributed by atoms with Crippen molar-refractivity contribution in [3.05, 3.63) is 23.8 Å². The number of benzene rings is 1. The van der Waals surface area contributed by atoms with Crippen LogP contribution in [0.4, 0.5) is 5.69 Å². The van der Waals surface area contributed by atoms with Crippen LogP contribution in [0.1, 0.15) is 36.5 Å². The third-order valence-electron chi connectivity index (χ3n) is 4.05. The molecule has 2 atom stereocenters. The molecular weight excluding hydrogens is 240 g/mol. The van der Waals surface area contributed by atoms with Gasteiger partial charge in [-0.1, -0.05) is 13.0 Å². The van der Waals surface area contributed by atoms with Gasteiger partial charge in [0, 0.05) is 12.6 Å². The summed E-state index contributed by atoms with van der Waals surface area (Å²) < 4.78 is 5.82. The molecule has 2 fully saturated rings. The number of nitrogens with zero attached hydrogens (tertiary/aromatic N) is 1. The van der Waals surface area contributed by atoms with Crippen LogP contribution >= 0.6 is 0 Å². The molecule has 4 heteroatoms. The average Bonchev–Trinajstić information content (AvgIpc) is 3.07. The summed E-state index contributed by atoms with van der Waals surface area (Å²) >= 11 is 0. The minimum Gasteiger partial charge on any atom is -0.491 e. The Morgan fingerprint density at radius 3 is 2.95 bits per heavy atom. The maximum absolute atomic E-state index is 11.6. The summed E-state index contributed by atoms with van der Waals surface area (Å²) in [5, 5.41) is 0. The number of carbonyl (C=O) groups excluding carboxylic acids is 1. The maximum Gasteiger partial charge on any atom is 0.252 e. The molecule has 2 N–H and O–H groups in total. The quantitative estimate of drug-likeness (QED) is 0.882. The van der Waals surface area contributed by atoms with Gasteiger partial charge in [0.25, 0.3) is 5.91 Å². The van der Waals surface area contributed by atoms with Crippen molar-refractivity contribution in [1.29, 1.82) is 0 Å². The van der Waals surface area contributed by atoms with Gasteiger partial charge in [-0.15, -0.1) is 0 Å². The Balaban J connectivity index is 1.96. The van der Waals surface area contributed by atoms with Crippen molar-refractivity contribution >= 4 is 11.6 Å². The number of ether oxygens (including phenoxy) is 1. The van der Waals surface area contributed by atoms with Crippen molar-refractivity contribution in [2.45, 2.75) is 32.2 Å². The van der Waals surface area contributed by atoms with Crippen LogP contribution in [-0.2, 0) is 0 Å². The first kappa shape index (κ1) is 12.3. The van der Waals surface area contributed by atoms with Crippen LogP contribution in [0.5, 0.6) is 5.75 Å². The zero-order chi connectivity index (χ0) is 13.4. The Morgan fingerprint density at radius 1 is 1.53 bits per heavy atom. The van der Waals surface area contributed by atoms with Crippen LogP contribution in [0.15, 0.2) is 18.2 Å². The molecule has 1 amide bonds. The number of hydrogen-bond acceptors (Lipinski definition) is 3. The van der Waals surface area contributed by atoms with Crippen molar-refractivity contribution in [1.82, 2.24) is 0 Å². The molecule has 1 aromatic carbocycles. The van der Waals surface area contributed by atoms with E-state index in [1.165, 1.54) is 12.8 Å². The van der Waals surface area contributed by atoms with Gasteiger partial charge < -0.3 is 15.4 Å². The van der Waals surface area contributed by atoms with Crippen LogP contribution < -0.4 is 15.4 Å². The maximum atomic E-state index is 11.6. The zero-order valence-electron chi connectivity index (χ0n) is 11.3. The van der Waals surface area contributed by atoms with Crippen LogP contribution in [-0.4, -0.2) is 25.1 Å². The number of para-hydroxylation sites is 1. The van der Waals surface area contributed by atoms with Crippen molar-refractivity contribution < 1.29 is 9.53 Å². The summed E-state index contributed by atoms with van der Waals surface area (Å²) in [7, 11) is 0. The van der Waals surface area contributed by atoms with E-state index in [9.17, 15) is 4.79 Å². The highest BCUT2D eigenvalue weighted by atomic mass is 16.5. The van der Waals surface area contributed by atoms with E-state index in [1.54, 1.807) is 6.07 Å². The van der Waals surface area contributed by atoms with E-state index < -0.39 is 5.91 Å². The van der Waals surface area contributed by atoms with Gasteiger partial charge in [0.15, 0.2) is 5.75 Å². The molecule has 19 heavy (non-hydrogen) atoms. The van der Waals surface area contributed by atoms with Crippen molar-refractivity contribution in [2.24, 2.45) is 11.7 Å². The van der Waals surface area contributed by atoms with E-state index in [1.807, 2.05) is 12.1 Å². The fourth-order valence-corrected chi connectivity index (χ4v) is 2.99. The summed E-state index contributed by atoms with van der Waals surface area (Å²) in [6.07, 6.45) is 3.44. The van der Waals surface area contributed by atoms with E-state index >= 15 is 0 Å². The molecule has 102 valence electrons. The smallest absolute Gasteiger partial charge is 0.252 e. The third-order valence-corrected chi connectivity index (χ3v) is 4.05. The fraction of sp³-hybridized carbons (Fsp3) is 0.533. The Labute approximate surface area is 113 Å². The molecule has 1 saturated heterocycles. The Bertz CT molecular complexity index is 501. The predicted octanol–water partition coefficient (Wildman–Crippen LogP) is 2.17. The molecule has 0 bridgehead atoms. The van der Waals surface area contributed by atoms with Crippen LogP contribution in [0.2, 0.25) is 0 Å². The molecule has 1 saturated carbocycles. The lowest BCUT2D eigenvalue weighted by Crippen LogP contribution is -2.24. The van der Waals surface area contributed by atoms with Crippen molar-refractivity contribution in [3.63, 3.8) is 0 Å². The Morgan fingerprint density at radius 2 is 2.37 bits per heavy atom. The highest BCUT2D eigenvalue weighted by molar-refractivity contribution is 5.97. The van der Waals surface area contributed by atoms with Crippen LogP contribution in [0.3, 0.4) is 0 Å². The Hall–Kier alpha value is -1.71. The van der Waals surface area contributed by atoms with E-state index in [0.29, 0.717) is 24.0 Å². The molecular formula is C15H20N2O2. The molecule has 1 aliphatic heterocycles. The van der Waals surface area contributed by atoms with Crippen LogP contribution in [0, 0.1) is 5.92 Å². The Kier molecular flexibility index (Phi) is 3.09. The van der Waals surface area contributed by atoms with E-state index in [0.717, 1.165) is 24.6 Å². The number of rotatable bonds is 5. The summed E-state index contributed by atoms with van der Waals surface area (Å²) in [6.45, 7) is 3.72. The van der Waals surface area contributed by atoms with Crippen molar-refractivity contribution in [3.8, 4) is 5.75 Å². The fourth-order valence-electron chi connectivity index (χ4n) is 2.99. The van der Waals surface area contributed by atoms with E-state index in [-0.39, 0.29) is 0 Å². The molecule has 1 heterocycles. The molecule has 0 spiro atoms.